The number of pyridine rings is 1. The fourth-order valence-electron chi connectivity index (χ4n) is 1.93. The number of nitrogens with one attached hydrogen (secondary N) is 1. The first-order valence-corrected chi connectivity index (χ1v) is 6.43. The van der Waals surface area contributed by atoms with E-state index in [0.717, 1.165) is 22.0 Å². The fraction of sp³-hybridized carbons (Fsp3) is 0.118. The van der Waals surface area contributed by atoms with Gasteiger partial charge in [-0.2, -0.15) is 30.3 Å². The first-order chi connectivity index (χ1) is 9.34. The third-order valence-corrected chi connectivity index (χ3v) is 2.78. The first kappa shape index (κ1) is 16.8. The third-order valence-electron chi connectivity index (χ3n) is 2.78. The van der Waals surface area contributed by atoms with Crippen LogP contribution in [0.25, 0.3) is 22.0 Å². The van der Waals surface area contributed by atoms with Gasteiger partial charge in [-0.05, 0) is 17.5 Å². The van der Waals surface area contributed by atoms with Crippen LogP contribution in [0.1, 0.15) is 13.8 Å². The fourth-order valence-corrected chi connectivity index (χ4v) is 1.93. The molecule has 0 aliphatic heterocycles. The number of H-pyrrole nitrogens is 1. The van der Waals surface area contributed by atoms with E-state index in [2.05, 4.69) is 11.1 Å². The van der Waals surface area contributed by atoms with E-state index < -0.39 is 0 Å². The maximum absolute atomic E-state index is 11.9. The molecule has 2 aromatic carbocycles. The average molecular weight is 339 g/mol. The van der Waals surface area contributed by atoms with Crippen LogP contribution in [0.5, 0.6) is 0 Å². The summed E-state index contributed by atoms with van der Waals surface area (Å²) in [5.74, 6) is 0. The first-order valence-electron chi connectivity index (χ1n) is 6.43. The molecule has 1 aromatic heterocycles. The normalized spacial score (nSPS) is 9.30. The Balaban J connectivity index is 0.000000639. The van der Waals surface area contributed by atoms with Gasteiger partial charge in [0.2, 0.25) is 0 Å². The number of hydrogen-bond donors (Lipinski definition) is 1. The van der Waals surface area contributed by atoms with E-state index >= 15 is 0 Å². The molecule has 0 aliphatic carbocycles. The summed E-state index contributed by atoms with van der Waals surface area (Å²) in [5.41, 5.74) is 1.78. The van der Waals surface area contributed by atoms with E-state index in [1.165, 1.54) is 0 Å². The molecule has 0 spiro atoms. The Labute approximate surface area is 144 Å². The van der Waals surface area contributed by atoms with Crippen LogP contribution in [0.2, 0.25) is 0 Å². The number of benzene rings is 2. The van der Waals surface area contributed by atoms with Crippen molar-refractivity contribution in [2.45, 2.75) is 13.8 Å². The largest absolute Gasteiger partial charge is 0.323 e. The average Bonchev–Trinajstić information content (AvgIpc) is 2.50. The molecule has 0 saturated heterocycles. The second kappa shape index (κ2) is 8.13. The Morgan fingerprint density at radius 1 is 1.00 bits per heavy atom. The van der Waals surface area contributed by atoms with Gasteiger partial charge < -0.3 is 4.98 Å². The van der Waals surface area contributed by atoms with Gasteiger partial charge in [0.1, 0.15) is 0 Å². The van der Waals surface area contributed by atoms with Crippen molar-refractivity contribution in [2.75, 3.05) is 0 Å². The molecule has 0 fully saturated rings. The van der Waals surface area contributed by atoms with E-state index in [0.29, 0.717) is 0 Å². The molecule has 0 unspecified atom stereocenters. The summed E-state index contributed by atoms with van der Waals surface area (Å²) >= 11 is 0. The molecule has 1 heterocycles. The van der Waals surface area contributed by atoms with Crippen molar-refractivity contribution in [3.8, 4) is 11.3 Å². The van der Waals surface area contributed by atoms with Crippen LogP contribution < -0.4 is 5.56 Å². The van der Waals surface area contributed by atoms with Gasteiger partial charge in [-0.25, -0.2) is 0 Å². The van der Waals surface area contributed by atoms with Crippen molar-refractivity contribution in [3.05, 3.63) is 71.0 Å². The Bertz CT molecular complexity index is 720. The van der Waals surface area contributed by atoms with Gasteiger partial charge in [-0.1, -0.05) is 32.0 Å². The van der Waals surface area contributed by atoms with E-state index in [-0.39, 0.29) is 38.3 Å². The summed E-state index contributed by atoms with van der Waals surface area (Å²) < 4.78 is 0. The molecule has 0 saturated carbocycles. The molecular weight excluding hydrogens is 323 g/mol. The monoisotopic (exact) mass is 339 g/mol. The van der Waals surface area contributed by atoms with Crippen molar-refractivity contribution in [3.63, 3.8) is 0 Å². The molecule has 2 nitrogen and oxygen atoms in total. The van der Waals surface area contributed by atoms with Gasteiger partial charge in [0.25, 0.3) is 5.56 Å². The maximum atomic E-state index is 11.9. The summed E-state index contributed by atoms with van der Waals surface area (Å²) in [5, 5.41) is 1.68. The summed E-state index contributed by atoms with van der Waals surface area (Å²) in [7, 11) is 0. The number of rotatable bonds is 1. The van der Waals surface area contributed by atoms with Crippen LogP contribution in [0, 0.1) is 6.07 Å². The SMILES string of the molecule is CC.O=c1[nH]c(-c2cc[c-]cc2)cc2ccccc12.[Y]. The number of aromatic nitrogens is 1. The zero-order valence-electron chi connectivity index (χ0n) is 11.7. The van der Waals surface area contributed by atoms with Crippen LogP contribution in [0.15, 0.2) is 59.4 Å². The minimum atomic E-state index is -0.0501. The smallest absolute Gasteiger partial charge is 0.256 e. The molecule has 0 amide bonds. The van der Waals surface area contributed by atoms with Crippen molar-refractivity contribution in [1.29, 1.82) is 0 Å². The van der Waals surface area contributed by atoms with Gasteiger partial charge in [-0.3, -0.25) is 4.79 Å². The molecule has 0 bridgehead atoms. The Morgan fingerprint density at radius 3 is 2.35 bits per heavy atom. The molecular formula is C17H16NOY-. The zero-order chi connectivity index (χ0) is 13.7. The maximum Gasteiger partial charge on any atom is 0.256 e. The summed E-state index contributed by atoms with van der Waals surface area (Å²) in [4.78, 5) is 14.8. The Kier molecular flexibility index (Phi) is 6.83. The molecule has 3 aromatic rings. The van der Waals surface area contributed by atoms with Crippen molar-refractivity contribution >= 4 is 10.8 Å². The molecule has 1 N–H and O–H groups in total. The number of aromatic amines is 1. The van der Waals surface area contributed by atoms with Gasteiger partial charge in [-0.15, -0.1) is 5.56 Å². The van der Waals surface area contributed by atoms with Gasteiger partial charge in [0.15, 0.2) is 0 Å². The molecule has 3 heteroatoms. The minimum Gasteiger partial charge on any atom is -0.323 e. The number of hydrogen-bond acceptors (Lipinski definition) is 1. The van der Waals surface area contributed by atoms with Gasteiger partial charge in [0, 0.05) is 43.8 Å². The van der Waals surface area contributed by atoms with Gasteiger partial charge >= 0.3 is 0 Å². The van der Waals surface area contributed by atoms with Crippen LogP contribution in [0.4, 0.5) is 0 Å². The standard InChI is InChI=1S/C15H10NO.C2H6.Y/c17-15-13-9-5-4-8-12(13)10-14(16-15)11-6-2-1-3-7-11;1-2;/h2-10H,(H,16,17);1-2H3;/q-1;;. The minimum absolute atomic E-state index is 0. The zero-order valence-corrected chi connectivity index (χ0v) is 14.5. The topological polar surface area (TPSA) is 32.9 Å². The summed E-state index contributed by atoms with van der Waals surface area (Å²) in [6, 6.07) is 20.1. The molecule has 99 valence electrons. The predicted octanol–water partition coefficient (Wildman–Crippen LogP) is 4.02. The van der Waals surface area contributed by atoms with Crippen molar-refractivity contribution < 1.29 is 32.7 Å². The van der Waals surface area contributed by atoms with Crippen molar-refractivity contribution in [1.82, 2.24) is 4.98 Å². The van der Waals surface area contributed by atoms with Crippen molar-refractivity contribution in [2.24, 2.45) is 0 Å². The van der Waals surface area contributed by atoms with Crippen LogP contribution >= 0.6 is 0 Å². The molecule has 1 radical (unpaired) electrons. The van der Waals surface area contributed by atoms with E-state index in [4.69, 9.17) is 0 Å². The van der Waals surface area contributed by atoms with E-state index in [1.54, 1.807) is 0 Å². The summed E-state index contributed by atoms with van der Waals surface area (Å²) in [6.07, 6.45) is 0. The second-order valence-electron chi connectivity index (χ2n) is 3.89. The van der Waals surface area contributed by atoms with Crippen LogP contribution in [-0.4, -0.2) is 4.98 Å². The van der Waals surface area contributed by atoms with E-state index in [1.807, 2.05) is 68.4 Å². The van der Waals surface area contributed by atoms with E-state index in [9.17, 15) is 4.79 Å². The number of fused-ring (bicyclic) bond motifs is 1. The van der Waals surface area contributed by atoms with Crippen LogP contribution in [-0.2, 0) is 32.7 Å². The molecule has 0 atom stereocenters. The summed E-state index contributed by atoms with van der Waals surface area (Å²) in [6.45, 7) is 4.00. The predicted molar refractivity (Wildman–Crippen MR) is 80.2 cm³/mol. The molecule has 20 heavy (non-hydrogen) atoms. The third kappa shape index (κ3) is 3.65. The Hall–Kier alpha value is -1.25. The molecule has 3 rings (SSSR count). The quantitative estimate of drug-likeness (QED) is 0.668. The van der Waals surface area contributed by atoms with Crippen LogP contribution in [0.3, 0.4) is 0 Å². The molecule has 0 aliphatic rings. The Morgan fingerprint density at radius 2 is 1.65 bits per heavy atom. The van der Waals surface area contributed by atoms with Gasteiger partial charge in [0.05, 0.1) is 0 Å². The second-order valence-corrected chi connectivity index (χ2v) is 3.89.